The van der Waals surface area contributed by atoms with Crippen molar-refractivity contribution in [2.75, 3.05) is 7.11 Å². The molecule has 0 unspecified atom stereocenters. The Morgan fingerprint density at radius 2 is 1.73 bits per heavy atom. The van der Waals surface area contributed by atoms with E-state index in [1.165, 1.54) is 38.5 Å². The molecular weight excluding hydrogens is 136 g/mol. The second kappa shape index (κ2) is 7.80. The molecule has 0 aromatic rings. The summed E-state index contributed by atoms with van der Waals surface area (Å²) in [5.74, 6) is 0. The fraction of sp³-hybridized carbons (Fsp3) is 0.800. The first-order valence-electron chi connectivity index (χ1n) is 4.50. The Morgan fingerprint density at radius 3 is 2.45 bits per heavy atom. The molecule has 1 N–H and O–H groups in total. The van der Waals surface area contributed by atoms with Crippen LogP contribution in [-0.4, -0.2) is 12.2 Å². The Morgan fingerprint density at radius 1 is 1.09 bits per heavy atom. The third kappa shape index (κ3) is 6.11. The topological polar surface area (TPSA) is 20.2 Å². The SMILES string of the molecule is C/C1=C/CCCCCC1.CO. The summed E-state index contributed by atoms with van der Waals surface area (Å²) in [7, 11) is 1.00. The van der Waals surface area contributed by atoms with E-state index in [-0.39, 0.29) is 0 Å². The van der Waals surface area contributed by atoms with E-state index < -0.39 is 0 Å². The molecule has 0 atom stereocenters. The molecule has 0 aromatic heterocycles. The lowest BCUT2D eigenvalue weighted by molar-refractivity contribution is 0.399. The van der Waals surface area contributed by atoms with Gasteiger partial charge in [0.25, 0.3) is 0 Å². The minimum absolute atomic E-state index is 1.00. The lowest BCUT2D eigenvalue weighted by Crippen LogP contribution is -1.85. The number of hydrogen-bond donors (Lipinski definition) is 1. The van der Waals surface area contributed by atoms with Gasteiger partial charge < -0.3 is 5.11 Å². The minimum atomic E-state index is 1.00. The van der Waals surface area contributed by atoms with Crippen LogP contribution in [0.5, 0.6) is 0 Å². The zero-order chi connectivity index (χ0) is 8.53. The molecule has 0 saturated carbocycles. The summed E-state index contributed by atoms with van der Waals surface area (Å²) in [5.41, 5.74) is 1.61. The van der Waals surface area contributed by atoms with E-state index in [9.17, 15) is 0 Å². The number of allylic oxidation sites excluding steroid dienone is 2. The Hall–Kier alpha value is -0.300. The van der Waals surface area contributed by atoms with E-state index in [4.69, 9.17) is 5.11 Å². The molecule has 0 aliphatic heterocycles. The lowest BCUT2D eigenvalue weighted by atomic mass is 10.0. The molecule has 0 amide bonds. The van der Waals surface area contributed by atoms with Gasteiger partial charge >= 0.3 is 0 Å². The van der Waals surface area contributed by atoms with Crippen LogP contribution in [0, 0.1) is 0 Å². The first-order chi connectivity index (χ1) is 5.39. The fourth-order valence-corrected chi connectivity index (χ4v) is 1.35. The van der Waals surface area contributed by atoms with Crippen molar-refractivity contribution in [3.05, 3.63) is 11.6 Å². The molecule has 0 bridgehead atoms. The average molecular weight is 156 g/mol. The molecule has 0 spiro atoms. The largest absolute Gasteiger partial charge is 0.400 e. The van der Waals surface area contributed by atoms with Crippen molar-refractivity contribution in [2.45, 2.75) is 45.4 Å². The van der Waals surface area contributed by atoms with Gasteiger partial charge in [-0.2, -0.15) is 0 Å². The summed E-state index contributed by atoms with van der Waals surface area (Å²) < 4.78 is 0. The molecule has 1 rings (SSSR count). The molecule has 0 saturated heterocycles. The molecule has 0 aromatic carbocycles. The van der Waals surface area contributed by atoms with Gasteiger partial charge in [0.15, 0.2) is 0 Å². The molecule has 1 nitrogen and oxygen atoms in total. The Bertz CT molecular complexity index is 105. The number of aliphatic hydroxyl groups excluding tert-OH is 1. The molecule has 0 heterocycles. The smallest absolute Gasteiger partial charge is 0.0319 e. The van der Waals surface area contributed by atoms with Gasteiger partial charge in [-0.3, -0.25) is 0 Å². The van der Waals surface area contributed by atoms with Crippen LogP contribution in [0.25, 0.3) is 0 Å². The van der Waals surface area contributed by atoms with Crippen molar-refractivity contribution >= 4 is 0 Å². The highest BCUT2D eigenvalue weighted by atomic mass is 16.2. The highest BCUT2D eigenvalue weighted by Crippen LogP contribution is 2.15. The molecule has 1 heteroatoms. The summed E-state index contributed by atoms with van der Waals surface area (Å²) in [6, 6.07) is 0. The molecule has 1 aliphatic rings. The predicted octanol–water partition coefficient (Wildman–Crippen LogP) is 2.90. The standard InChI is InChI=1S/C9H16.CH4O/c1-9-7-5-3-2-4-6-8-9;1-2/h7H,2-6,8H2,1H3;2H,1H3/b9-7-;. The molecule has 0 fully saturated rings. The van der Waals surface area contributed by atoms with E-state index in [0.717, 1.165) is 7.11 Å². The van der Waals surface area contributed by atoms with E-state index in [2.05, 4.69) is 13.0 Å². The van der Waals surface area contributed by atoms with Crippen LogP contribution in [0.2, 0.25) is 0 Å². The van der Waals surface area contributed by atoms with Crippen molar-refractivity contribution in [1.29, 1.82) is 0 Å². The van der Waals surface area contributed by atoms with E-state index in [1.807, 2.05) is 0 Å². The van der Waals surface area contributed by atoms with Crippen LogP contribution in [0.15, 0.2) is 11.6 Å². The van der Waals surface area contributed by atoms with Crippen LogP contribution < -0.4 is 0 Å². The molecular formula is C10H20O. The van der Waals surface area contributed by atoms with Gasteiger partial charge in [-0.25, -0.2) is 0 Å². The highest BCUT2D eigenvalue weighted by Gasteiger charge is 1.95. The second-order valence-corrected chi connectivity index (χ2v) is 3.00. The van der Waals surface area contributed by atoms with Crippen molar-refractivity contribution in [2.24, 2.45) is 0 Å². The maximum atomic E-state index is 7.00. The van der Waals surface area contributed by atoms with Gasteiger partial charge in [-0.1, -0.05) is 24.5 Å². The van der Waals surface area contributed by atoms with E-state index >= 15 is 0 Å². The van der Waals surface area contributed by atoms with E-state index in [1.54, 1.807) is 5.57 Å². The Balaban J connectivity index is 0.000000461. The number of aliphatic hydroxyl groups is 1. The zero-order valence-electron chi connectivity index (χ0n) is 7.77. The maximum absolute atomic E-state index is 7.00. The molecule has 1 aliphatic carbocycles. The van der Waals surface area contributed by atoms with Crippen LogP contribution in [0.3, 0.4) is 0 Å². The third-order valence-corrected chi connectivity index (χ3v) is 2.02. The Labute approximate surface area is 70.1 Å². The molecule has 0 radical (unpaired) electrons. The van der Waals surface area contributed by atoms with Crippen molar-refractivity contribution in [3.63, 3.8) is 0 Å². The van der Waals surface area contributed by atoms with Crippen molar-refractivity contribution in [1.82, 2.24) is 0 Å². The predicted molar refractivity (Wildman–Crippen MR) is 49.6 cm³/mol. The molecule has 66 valence electrons. The third-order valence-electron chi connectivity index (χ3n) is 2.02. The number of rotatable bonds is 0. The summed E-state index contributed by atoms with van der Waals surface area (Å²) in [6.07, 6.45) is 10.8. The molecule has 11 heavy (non-hydrogen) atoms. The fourth-order valence-electron chi connectivity index (χ4n) is 1.35. The van der Waals surface area contributed by atoms with Crippen LogP contribution in [0.4, 0.5) is 0 Å². The summed E-state index contributed by atoms with van der Waals surface area (Å²) in [5, 5.41) is 7.00. The summed E-state index contributed by atoms with van der Waals surface area (Å²) >= 11 is 0. The Kier molecular flexibility index (Phi) is 7.59. The van der Waals surface area contributed by atoms with Gasteiger partial charge in [0, 0.05) is 7.11 Å². The van der Waals surface area contributed by atoms with Gasteiger partial charge in [-0.15, -0.1) is 0 Å². The van der Waals surface area contributed by atoms with Crippen molar-refractivity contribution in [3.8, 4) is 0 Å². The van der Waals surface area contributed by atoms with Crippen LogP contribution in [0.1, 0.15) is 45.4 Å². The van der Waals surface area contributed by atoms with E-state index in [0.29, 0.717) is 0 Å². The summed E-state index contributed by atoms with van der Waals surface area (Å²) in [6.45, 7) is 2.26. The zero-order valence-corrected chi connectivity index (χ0v) is 7.77. The summed E-state index contributed by atoms with van der Waals surface area (Å²) in [4.78, 5) is 0. The minimum Gasteiger partial charge on any atom is -0.400 e. The maximum Gasteiger partial charge on any atom is 0.0319 e. The monoisotopic (exact) mass is 156 g/mol. The lowest BCUT2D eigenvalue weighted by Gasteiger charge is -2.05. The highest BCUT2D eigenvalue weighted by molar-refractivity contribution is 4.98. The van der Waals surface area contributed by atoms with Crippen LogP contribution in [-0.2, 0) is 0 Å². The van der Waals surface area contributed by atoms with Crippen molar-refractivity contribution < 1.29 is 5.11 Å². The first-order valence-corrected chi connectivity index (χ1v) is 4.50. The normalized spacial score (nSPS) is 23.4. The van der Waals surface area contributed by atoms with Gasteiger partial charge in [-0.05, 0) is 32.6 Å². The van der Waals surface area contributed by atoms with Gasteiger partial charge in [0.05, 0.1) is 0 Å². The average Bonchev–Trinajstić information content (AvgIpc) is 2.01. The number of hydrogen-bond acceptors (Lipinski definition) is 1. The van der Waals surface area contributed by atoms with Gasteiger partial charge in [0.1, 0.15) is 0 Å². The van der Waals surface area contributed by atoms with Crippen LogP contribution >= 0.6 is 0 Å². The van der Waals surface area contributed by atoms with Gasteiger partial charge in [0.2, 0.25) is 0 Å². The quantitative estimate of drug-likeness (QED) is 0.535. The first kappa shape index (κ1) is 10.7. The second-order valence-electron chi connectivity index (χ2n) is 3.00.